The molecule has 0 amide bonds. The van der Waals surface area contributed by atoms with Crippen molar-refractivity contribution < 1.29 is 13.5 Å². The van der Waals surface area contributed by atoms with Crippen LogP contribution in [0.2, 0.25) is 0 Å². The minimum absolute atomic E-state index is 0.230. The zero-order chi connectivity index (χ0) is 11.4. The van der Waals surface area contributed by atoms with Crippen molar-refractivity contribution in [3.63, 3.8) is 0 Å². The Bertz CT molecular complexity index is 484. The summed E-state index contributed by atoms with van der Waals surface area (Å²) in [6.07, 6.45) is 1.62. The highest BCUT2D eigenvalue weighted by atomic mass is 32.2. The van der Waals surface area contributed by atoms with Gasteiger partial charge in [0.2, 0.25) is 5.88 Å². The van der Waals surface area contributed by atoms with Crippen molar-refractivity contribution in [2.45, 2.75) is 4.90 Å². The number of pyridine rings is 1. The van der Waals surface area contributed by atoms with Gasteiger partial charge in [0.05, 0.1) is 0 Å². The highest BCUT2D eigenvalue weighted by molar-refractivity contribution is 7.79. The van der Waals surface area contributed by atoms with E-state index in [1.807, 2.05) is 6.07 Å². The highest BCUT2D eigenvalue weighted by Crippen LogP contribution is 2.19. The SMILES string of the molecule is O=S([O-])c1ccc(Oc2ccccn2)cc1. The monoisotopic (exact) mass is 234 g/mol. The van der Waals surface area contributed by atoms with Gasteiger partial charge in [-0.2, -0.15) is 0 Å². The minimum atomic E-state index is -2.20. The Labute approximate surface area is 95.2 Å². The summed E-state index contributed by atoms with van der Waals surface area (Å²) in [5.41, 5.74) is 0. The lowest BCUT2D eigenvalue weighted by Crippen LogP contribution is -1.90. The van der Waals surface area contributed by atoms with E-state index in [4.69, 9.17) is 4.74 Å². The van der Waals surface area contributed by atoms with Gasteiger partial charge in [0.1, 0.15) is 5.75 Å². The number of nitrogens with zero attached hydrogens (tertiary/aromatic N) is 1. The van der Waals surface area contributed by atoms with Gasteiger partial charge >= 0.3 is 0 Å². The Hall–Kier alpha value is -1.72. The first-order chi connectivity index (χ1) is 7.75. The van der Waals surface area contributed by atoms with Crippen molar-refractivity contribution in [3.05, 3.63) is 48.7 Å². The van der Waals surface area contributed by atoms with Gasteiger partial charge in [0.25, 0.3) is 0 Å². The van der Waals surface area contributed by atoms with Gasteiger partial charge in [0.15, 0.2) is 0 Å². The van der Waals surface area contributed by atoms with E-state index in [-0.39, 0.29) is 4.90 Å². The molecule has 2 rings (SSSR count). The average molecular weight is 234 g/mol. The third kappa shape index (κ3) is 2.65. The largest absolute Gasteiger partial charge is 0.768 e. The van der Waals surface area contributed by atoms with Crippen molar-refractivity contribution >= 4 is 11.1 Å². The zero-order valence-corrected chi connectivity index (χ0v) is 9.02. The number of rotatable bonds is 3. The predicted molar refractivity (Wildman–Crippen MR) is 57.9 cm³/mol. The lowest BCUT2D eigenvalue weighted by molar-refractivity contribution is 0.462. The molecule has 0 aliphatic heterocycles. The fourth-order valence-electron chi connectivity index (χ4n) is 1.15. The van der Waals surface area contributed by atoms with Crippen LogP contribution >= 0.6 is 0 Å². The summed E-state index contributed by atoms with van der Waals surface area (Å²) in [5.74, 6) is 1.02. The third-order valence-corrected chi connectivity index (χ3v) is 2.53. The Morgan fingerprint density at radius 3 is 2.44 bits per heavy atom. The van der Waals surface area contributed by atoms with Crippen LogP contribution in [0.25, 0.3) is 0 Å². The molecule has 1 aromatic heterocycles. The van der Waals surface area contributed by atoms with E-state index in [1.54, 1.807) is 30.5 Å². The molecule has 4 nitrogen and oxygen atoms in total. The molecule has 2 aromatic rings. The predicted octanol–water partition coefficient (Wildman–Crippen LogP) is 2.11. The number of ether oxygens (including phenoxy) is 1. The van der Waals surface area contributed by atoms with E-state index in [9.17, 15) is 8.76 Å². The zero-order valence-electron chi connectivity index (χ0n) is 8.20. The Kier molecular flexibility index (Phi) is 3.28. The van der Waals surface area contributed by atoms with Crippen molar-refractivity contribution in [1.82, 2.24) is 4.98 Å². The van der Waals surface area contributed by atoms with Gasteiger partial charge in [-0.05, 0) is 41.4 Å². The maximum atomic E-state index is 10.6. The number of hydrogen-bond acceptors (Lipinski definition) is 4. The van der Waals surface area contributed by atoms with Gasteiger partial charge in [-0.3, -0.25) is 4.21 Å². The van der Waals surface area contributed by atoms with Gasteiger partial charge in [0, 0.05) is 17.2 Å². The number of hydrogen-bond donors (Lipinski definition) is 0. The molecule has 0 spiro atoms. The molecule has 0 saturated carbocycles. The molecule has 1 aromatic carbocycles. The third-order valence-electron chi connectivity index (χ3n) is 1.88. The van der Waals surface area contributed by atoms with Crippen LogP contribution in [-0.2, 0) is 11.1 Å². The summed E-state index contributed by atoms with van der Waals surface area (Å²) in [6, 6.07) is 11.4. The van der Waals surface area contributed by atoms with E-state index in [2.05, 4.69) is 4.98 Å². The lowest BCUT2D eigenvalue weighted by atomic mass is 10.3. The highest BCUT2D eigenvalue weighted by Gasteiger charge is 1.98. The van der Waals surface area contributed by atoms with Crippen molar-refractivity contribution in [1.29, 1.82) is 0 Å². The standard InChI is InChI=1S/C11H9NO3S/c13-16(14)10-6-4-9(5-7-10)15-11-3-1-2-8-12-11/h1-8H,(H,13,14)/p-1. The molecule has 0 aliphatic rings. The van der Waals surface area contributed by atoms with E-state index in [1.165, 1.54) is 12.1 Å². The second-order valence-corrected chi connectivity index (χ2v) is 3.92. The van der Waals surface area contributed by atoms with Crippen LogP contribution in [0.3, 0.4) is 0 Å². The first-order valence-corrected chi connectivity index (χ1v) is 5.61. The Morgan fingerprint density at radius 2 is 1.88 bits per heavy atom. The molecule has 0 bridgehead atoms. The first-order valence-electron chi connectivity index (χ1n) is 4.54. The smallest absolute Gasteiger partial charge is 0.219 e. The summed E-state index contributed by atoms with van der Waals surface area (Å²) < 4.78 is 26.6. The Balaban J connectivity index is 2.14. The minimum Gasteiger partial charge on any atom is -0.768 e. The van der Waals surface area contributed by atoms with Crippen LogP contribution in [0.5, 0.6) is 11.6 Å². The molecular formula is C11H8NO3S-. The summed E-state index contributed by atoms with van der Waals surface area (Å²) in [6.45, 7) is 0. The number of benzene rings is 1. The van der Waals surface area contributed by atoms with Crippen LogP contribution < -0.4 is 4.74 Å². The Morgan fingerprint density at radius 1 is 1.12 bits per heavy atom. The first kappa shape index (κ1) is 10.8. The molecule has 1 unspecified atom stereocenters. The fourth-order valence-corrected chi connectivity index (χ4v) is 1.51. The van der Waals surface area contributed by atoms with E-state index in [0.29, 0.717) is 11.6 Å². The molecule has 0 N–H and O–H groups in total. The summed E-state index contributed by atoms with van der Waals surface area (Å²) in [7, 11) is 0. The van der Waals surface area contributed by atoms with Crippen LogP contribution in [-0.4, -0.2) is 13.7 Å². The van der Waals surface area contributed by atoms with Crippen LogP contribution in [0.4, 0.5) is 0 Å². The quantitative estimate of drug-likeness (QED) is 0.763. The molecule has 0 fully saturated rings. The lowest BCUT2D eigenvalue weighted by Gasteiger charge is -2.07. The second kappa shape index (κ2) is 4.87. The van der Waals surface area contributed by atoms with Crippen LogP contribution in [0.1, 0.15) is 0 Å². The maximum absolute atomic E-state index is 10.6. The second-order valence-electron chi connectivity index (χ2n) is 2.98. The van der Waals surface area contributed by atoms with Gasteiger partial charge in [-0.15, -0.1) is 0 Å². The summed E-state index contributed by atoms with van der Waals surface area (Å²) in [4.78, 5) is 4.22. The summed E-state index contributed by atoms with van der Waals surface area (Å²) in [5, 5.41) is 0. The molecular weight excluding hydrogens is 226 g/mol. The average Bonchev–Trinajstić information content (AvgIpc) is 2.31. The van der Waals surface area contributed by atoms with E-state index < -0.39 is 11.1 Å². The van der Waals surface area contributed by atoms with Gasteiger partial charge in [-0.25, -0.2) is 4.98 Å². The molecule has 0 radical (unpaired) electrons. The van der Waals surface area contributed by atoms with Gasteiger partial charge < -0.3 is 9.29 Å². The molecule has 1 heterocycles. The van der Waals surface area contributed by atoms with Crippen molar-refractivity contribution in [3.8, 4) is 11.6 Å². The normalized spacial score (nSPS) is 12.1. The fraction of sp³-hybridized carbons (Fsp3) is 0. The number of aromatic nitrogens is 1. The molecule has 82 valence electrons. The topological polar surface area (TPSA) is 62.2 Å². The van der Waals surface area contributed by atoms with E-state index >= 15 is 0 Å². The van der Waals surface area contributed by atoms with Crippen LogP contribution in [0.15, 0.2) is 53.6 Å². The summed E-state index contributed by atoms with van der Waals surface area (Å²) >= 11 is -2.20. The molecule has 1 atom stereocenters. The molecule has 16 heavy (non-hydrogen) atoms. The molecule has 5 heteroatoms. The maximum Gasteiger partial charge on any atom is 0.219 e. The molecule has 0 aliphatic carbocycles. The van der Waals surface area contributed by atoms with Gasteiger partial charge in [-0.1, -0.05) is 6.07 Å². The molecule has 0 saturated heterocycles. The van der Waals surface area contributed by atoms with E-state index in [0.717, 1.165) is 0 Å². The van der Waals surface area contributed by atoms with Crippen molar-refractivity contribution in [2.24, 2.45) is 0 Å². The van der Waals surface area contributed by atoms with Crippen LogP contribution in [0, 0.1) is 0 Å². The van der Waals surface area contributed by atoms with Crippen molar-refractivity contribution in [2.75, 3.05) is 0 Å².